The molecule has 0 amide bonds. The molecule has 0 saturated carbocycles. The van der Waals surface area contributed by atoms with E-state index in [0.29, 0.717) is 0 Å². The SMILES string of the molecule is CO[P+](C)(O)O[P+](O)(O)OSC. The Kier molecular flexibility index (Phi) is 5.41. The Bertz CT molecular complexity index is 141. The first-order chi connectivity index (χ1) is 5.33. The van der Waals surface area contributed by atoms with Gasteiger partial charge < -0.3 is 0 Å². The van der Waals surface area contributed by atoms with Crippen LogP contribution in [0.4, 0.5) is 0 Å². The predicted octanol–water partition coefficient (Wildman–Crippen LogP) is 0.991. The summed E-state index contributed by atoms with van der Waals surface area (Å²) in [5.41, 5.74) is 0. The average molecular weight is 238 g/mol. The molecule has 0 radical (unpaired) electrons. The second kappa shape index (κ2) is 5.00. The number of hydrogen-bond donors (Lipinski definition) is 3. The van der Waals surface area contributed by atoms with Crippen molar-refractivity contribution >= 4 is 28.2 Å². The van der Waals surface area contributed by atoms with E-state index in [-0.39, 0.29) is 0 Å². The summed E-state index contributed by atoms with van der Waals surface area (Å²) in [6, 6.07) is 0. The van der Waals surface area contributed by atoms with Crippen LogP contribution < -0.4 is 0 Å². The molecule has 12 heavy (non-hydrogen) atoms. The fourth-order valence-electron chi connectivity index (χ4n) is 0.341. The van der Waals surface area contributed by atoms with Crippen LogP contribution in [0.5, 0.6) is 0 Å². The third-order valence-electron chi connectivity index (χ3n) is 0.768. The van der Waals surface area contributed by atoms with E-state index in [9.17, 15) is 4.89 Å². The Morgan fingerprint density at radius 1 is 1.25 bits per heavy atom. The molecule has 0 aliphatic heterocycles. The fraction of sp³-hybridized carbons (Fsp3) is 1.00. The molecule has 1 atom stereocenters. The Morgan fingerprint density at radius 3 is 2.08 bits per heavy atom. The van der Waals surface area contributed by atoms with E-state index < -0.39 is 16.1 Å². The van der Waals surface area contributed by atoms with Gasteiger partial charge in [0.15, 0.2) is 0 Å². The van der Waals surface area contributed by atoms with Gasteiger partial charge >= 0.3 is 16.1 Å². The molecule has 1 unspecified atom stereocenters. The molecular weight excluding hydrogens is 226 g/mol. The van der Waals surface area contributed by atoms with Gasteiger partial charge in [0.2, 0.25) is 0 Å². The quantitative estimate of drug-likeness (QED) is 0.486. The molecule has 0 aliphatic rings. The molecule has 74 valence electrons. The van der Waals surface area contributed by atoms with Crippen molar-refractivity contribution in [1.82, 2.24) is 0 Å². The van der Waals surface area contributed by atoms with E-state index in [2.05, 4.69) is 12.8 Å². The van der Waals surface area contributed by atoms with Gasteiger partial charge in [-0.25, -0.2) is 0 Å². The van der Waals surface area contributed by atoms with Crippen LogP contribution in [0.2, 0.25) is 0 Å². The summed E-state index contributed by atoms with van der Waals surface area (Å²) in [6.45, 7) is 1.22. The second-order valence-electron chi connectivity index (χ2n) is 1.80. The van der Waals surface area contributed by atoms with E-state index in [0.717, 1.165) is 12.0 Å². The van der Waals surface area contributed by atoms with Crippen LogP contribution in [-0.4, -0.2) is 34.7 Å². The zero-order valence-electron chi connectivity index (χ0n) is 6.87. The maximum absolute atomic E-state index is 9.17. The highest BCUT2D eigenvalue weighted by Gasteiger charge is 2.56. The molecule has 0 aromatic heterocycles. The Balaban J connectivity index is 4.04. The van der Waals surface area contributed by atoms with Crippen molar-refractivity contribution < 1.29 is 27.5 Å². The molecule has 9 heteroatoms. The first-order valence-electron chi connectivity index (χ1n) is 2.76. The molecule has 0 aliphatic carbocycles. The van der Waals surface area contributed by atoms with Crippen molar-refractivity contribution in [3.63, 3.8) is 0 Å². The summed E-state index contributed by atoms with van der Waals surface area (Å²) in [7, 11) is -5.91. The van der Waals surface area contributed by atoms with Crippen molar-refractivity contribution in [1.29, 1.82) is 0 Å². The molecule has 0 bridgehead atoms. The summed E-state index contributed by atoms with van der Waals surface area (Å²) in [6.07, 6.45) is 1.49. The molecule has 0 spiro atoms. The maximum Gasteiger partial charge on any atom is 0.627 e. The first-order valence-corrected chi connectivity index (χ1v) is 7.47. The van der Waals surface area contributed by atoms with Crippen LogP contribution in [0.15, 0.2) is 0 Å². The van der Waals surface area contributed by atoms with Crippen LogP contribution in [0.3, 0.4) is 0 Å². The highest BCUT2D eigenvalue weighted by atomic mass is 32.2. The van der Waals surface area contributed by atoms with Gasteiger partial charge in [0.25, 0.3) is 0 Å². The van der Waals surface area contributed by atoms with Crippen LogP contribution in [-0.2, 0) is 12.8 Å². The lowest BCUT2D eigenvalue weighted by Gasteiger charge is -2.09. The molecule has 0 aromatic carbocycles. The standard InChI is InChI=1S/C3H12O6P2S/c1-7-10(2,4)8-11(5,6)9-12-3/h4-6H,1-3H3/q+2. The van der Waals surface area contributed by atoms with Gasteiger partial charge in [-0.3, -0.25) is 0 Å². The van der Waals surface area contributed by atoms with Crippen LogP contribution in [0.25, 0.3) is 0 Å². The highest BCUT2D eigenvalue weighted by Crippen LogP contribution is 2.70. The monoisotopic (exact) mass is 238 g/mol. The topological polar surface area (TPSA) is 88.4 Å². The lowest BCUT2D eigenvalue weighted by Crippen LogP contribution is -2.01. The highest BCUT2D eigenvalue weighted by molar-refractivity contribution is 7.98. The van der Waals surface area contributed by atoms with E-state index in [1.165, 1.54) is 20.0 Å². The third kappa shape index (κ3) is 5.59. The summed E-state index contributed by atoms with van der Waals surface area (Å²) >= 11 is 0.735. The normalized spacial score (nSPS) is 17.5. The largest absolute Gasteiger partial charge is 0.627 e. The van der Waals surface area contributed by atoms with Crippen molar-refractivity contribution in [2.75, 3.05) is 20.0 Å². The third-order valence-corrected chi connectivity index (χ3v) is 4.88. The number of rotatable bonds is 5. The van der Waals surface area contributed by atoms with Crippen molar-refractivity contribution in [3.05, 3.63) is 0 Å². The van der Waals surface area contributed by atoms with Crippen LogP contribution in [0, 0.1) is 0 Å². The Morgan fingerprint density at radius 2 is 1.75 bits per heavy atom. The molecule has 3 N–H and O–H groups in total. The van der Waals surface area contributed by atoms with Gasteiger partial charge in [0, 0.05) is 18.3 Å². The van der Waals surface area contributed by atoms with Gasteiger partial charge in [0.1, 0.15) is 6.66 Å². The molecular formula is C3H12O6P2S+2. The minimum atomic E-state index is -3.94. The summed E-state index contributed by atoms with van der Waals surface area (Å²) < 4.78 is 13.3. The van der Waals surface area contributed by atoms with Gasteiger partial charge in [-0.1, -0.05) is 3.97 Å². The maximum atomic E-state index is 9.17. The second-order valence-corrected chi connectivity index (χ2v) is 6.33. The molecule has 0 aromatic rings. The first kappa shape index (κ1) is 13.0. The van der Waals surface area contributed by atoms with Crippen molar-refractivity contribution in [2.24, 2.45) is 0 Å². The average Bonchev–Trinajstić information content (AvgIpc) is 1.85. The minimum absolute atomic E-state index is 0.735. The van der Waals surface area contributed by atoms with E-state index in [1.807, 2.05) is 0 Å². The lowest BCUT2D eigenvalue weighted by molar-refractivity contribution is 0.216. The molecule has 0 rings (SSSR count). The van der Waals surface area contributed by atoms with Crippen LogP contribution in [0.1, 0.15) is 0 Å². The van der Waals surface area contributed by atoms with E-state index >= 15 is 0 Å². The Hall–Kier alpha value is 0.970. The smallest absolute Gasteiger partial charge is 0.189 e. The summed E-state index contributed by atoms with van der Waals surface area (Å²) in [4.78, 5) is 27.1. The van der Waals surface area contributed by atoms with Crippen molar-refractivity contribution in [3.8, 4) is 0 Å². The van der Waals surface area contributed by atoms with E-state index in [4.69, 9.17) is 9.79 Å². The van der Waals surface area contributed by atoms with Gasteiger partial charge in [-0.2, -0.15) is 19.2 Å². The van der Waals surface area contributed by atoms with E-state index in [1.54, 1.807) is 0 Å². The minimum Gasteiger partial charge on any atom is -0.189 e. The molecule has 6 nitrogen and oxygen atoms in total. The van der Waals surface area contributed by atoms with Crippen molar-refractivity contribution in [2.45, 2.75) is 0 Å². The number of hydrogen-bond acceptors (Lipinski definition) is 7. The Labute approximate surface area is 76.3 Å². The molecule has 0 heterocycles. The predicted molar refractivity (Wildman–Crippen MR) is 49.1 cm³/mol. The summed E-state index contributed by atoms with van der Waals surface area (Å²) in [5, 5.41) is 0. The van der Waals surface area contributed by atoms with Gasteiger partial charge in [-0.05, 0) is 0 Å². The molecule has 0 fully saturated rings. The summed E-state index contributed by atoms with van der Waals surface area (Å²) in [5.74, 6) is 0. The lowest BCUT2D eigenvalue weighted by atomic mass is 11.8. The van der Waals surface area contributed by atoms with Gasteiger partial charge in [-0.15, -0.1) is 0 Å². The van der Waals surface area contributed by atoms with Gasteiger partial charge in [0.05, 0.1) is 11.4 Å². The zero-order chi connectivity index (χ0) is 9.83. The fourth-order valence-corrected chi connectivity index (χ4v) is 3.32. The van der Waals surface area contributed by atoms with Crippen LogP contribution >= 0.6 is 28.2 Å². The zero-order valence-corrected chi connectivity index (χ0v) is 9.47. The molecule has 0 saturated heterocycles.